The number of aromatic nitrogens is 1. The summed E-state index contributed by atoms with van der Waals surface area (Å²) < 4.78 is 18.6. The van der Waals surface area contributed by atoms with E-state index in [2.05, 4.69) is 5.32 Å². The maximum absolute atomic E-state index is 13.4. The molecule has 2 rings (SSSR count). The highest BCUT2D eigenvalue weighted by molar-refractivity contribution is 7.50. The Balaban J connectivity index is 2.33. The number of benzene rings is 1. The number of hydroxylamine groups is 1. The number of nitrogens with zero attached hydrogens (tertiary/aromatic N) is 2. The lowest BCUT2D eigenvalue weighted by Crippen LogP contribution is -2.50. The Hall–Kier alpha value is -2.72. The molecule has 1 aromatic heterocycles. The number of carbonyl (C=O) groups excluding carboxylic acids is 2. The number of rotatable bonds is 10. The molecule has 0 aliphatic heterocycles. The Morgan fingerprint density at radius 3 is 2.31 bits per heavy atom. The van der Waals surface area contributed by atoms with Gasteiger partial charge in [-0.05, 0) is 62.9 Å². The first-order chi connectivity index (χ1) is 16.6. The van der Waals surface area contributed by atoms with E-state index < -0.39 is 43.2 Å². The zero-order valence-electron chi connectivity index (χ0n) is 21.7. The van der Waals surface area contributed by atoms with Gasteiger partial charge in [0, 0.05) is 24.7 Å². The molecular formula is C24H36N3O8P. The van der Waals surface area contributed by atoms with Crippen molar-refractivity contribution >= 4 is 36.6 Å². The van der Waals surface area contributed by atoms with Gasteiger partial charge in [0.15, 0.2) is 0 Å². The van der Waals surface area contributed by atoms with Gasteiger partial charge in [-0.2, -0.15) is 0 Å². The third-order valence-corrected chi connectivity index (χ3v) is 6.79. The summed E-state index contributed by atoms with van der Waals surface area (Å²) >= 11 is 0. The predicted molar refractivity (Wildman–Crippen MR) is 134 cm³/mol. The van der Waals surface area contributed by atoms with Crippen LogP contribution in [0.15, 0.2) is 30.5 Å². The van der Waals surface area contributed by atoms with Gasteiger partial charge in [0.25, 0.3) is 0 Å². The number of hydrogen-bond donors (Lipinski definition) is 3. The largest absolute Gasteiger partial charge is 0.464 e. The second kappa shape index (κ2) is 11.6. The number of fused-ring (bicyclic) bond motifs is 1. The maximum Gasteiger partial charge on any atom is 0.438 e. The van der Waals surface area contributed by atoms with Gasteiger partial charge in [-0.1, -0.05) is 32.0 Å². The molecule has 0 aliphatic rings. The second-order valence-corrected chi connectivity index (χ2v) is 11.9. The number of para-hydroxylation sites is 1. The van der Waals surface area contributed by atoms with Gasteiger partial charge in [0.1, 0.15) is 6.04 Å². The zero-order valence-corrected chi connectivity index (χ0v) is 22.6. The molecule has 3 atom stereocenters. The number of nitrogens with one attached hydrogen (secondary N) is 1. The van der Waals surface area contributed by atoms with E-state index in [0.717, 1.165) is 17.1 Å². The topological polar surface area (TPSA) is 147 Å². The molecule has 36 heavy (non-hydrogen) atoms. The van der Waals surface area contributed by atoms with Crippen molar-refractivity contribution in [3.63, 3.8) is 0 Å². The number of carbonyl (C=O) groups is 3. The standard InChI is InChI=1S/C24H36N3O8P/c1-15(2)12-20(27(36(32,33)34-7)35-22(29)24(4,5)6)21(28)25-16(3)13-17-14-26(23(30)31)19-11-9-8-10-18(17)19/h8-11,14-16,20H,12-13H2,1-7H3,(H,25,28)(H,30,31)(H,32,33)/t16-,20+/m1/s1. The Labute approximate surface area is 210 Å². The fraction of sp³-hybridized carbons (Fsp3) is 0.542. The molecule has 200 valence electrons. The molecule has 1 heterocycles. The molecule has 0 saturated heterocycles. The first kappa shape index (κ1) is 29.5. The molecule has 2 aromatic rings. The van der Waals surface area contributed by atoms with E-state index in [4.69, 9.17) is 9.36 Å². The van der Waals surface area contributed by atoms with Crippen LogP contribution in [-0.2, 0) is 29.9 Å². The van der Waals surface area contributed by atoms with Crippen LogP contribution in [0, 0.1) is 11.3 Å². The highest BCUT2D eigenvalue weighted by atomic mass is 31.2. The van der Waals surface area contributed by atoms with Crippen molar-refractivity contribution in [1.82, 2.24) is 14.7 Å². The summed E-state index contributed by atoms with van der Waals surface area (Å²) in [5.41, 5.74) is 0.232. The minimum absolute atomic E-state index is 0.0994. The average Bonchev–Trinajstić information content (AvgIpc) is 3.13. The van der Waals surface area contributed by atoms with Crippen molar-refractivity contribution in [2.75, 3.05) is 7.11 Å². The van der Waals surface area contributed by atoms with Crippen LogP contribution in [0.25, 0.3) is 10.9 Å². The Morgan fingerprint density at radius 2 is 1.78 bits per heavy atom. The maximum atomic E-state index is 13.4. The van der Waals surface area contributed by atoms with Gasteiger partial charge in [-0.3, -0.25) is 13.9 Å². The Morgan fingerprint density at radius 1 is 1.17 bits per heavy atom. The van der Waals surface area contributed by atoms with Crippen molar-refractivity contribution in [1.29, 1.82) is 0 Å². The quantitative estimate of drug-likeness (QED) is 0.307. The van der Waals surface area contributed by atoms with E-state index >= 15 is 0 Å². The molecule has 3 N–H and O–H groups in total. The van der Waals surface area contributed by atoms with Crippen LogP contribution in [0.1, 0.15) is 53.5 Å². The van der Waals surface area contributed by atoms with E-state index in [1.165, 1.54) is 6.20 Å². The van der Waals surface area contributed by atoms with Crippen molar-refractivity contribution < 1.29 is 38.3 Å². The molecule has 0 bridgehead atoms. The Bertz CT molecular complexity index is 1150. The lowest BCUT2D eigenvalue weighted by molar-refractivity contribution is -0.192. The third kappa shape index (κ3) is 7.16. The normalized spacial score (nSPS) is 15.5. The number of amides is 1. The molecule has 0 aliphatic carbocycles. The molecule has 1 amide bonds. The third-order valence-electron chi connectivity index (χ3n) is 5.46. The van der Waals surface area contributed by atoms with E-state index in [0.29, 0.717) is 22.3 Å². The molecular weight excluding hydrogens is 489 g/mol. The van der Waals surface area contributed by atoms with Crippen LogP contribution < -0.4 is 5.32 Å². The van der Waals surface area contributed by atoms with E-state index in [1.807, 2.05) is 13.8 Å². The predicted octanol–water partition coefficient (Wildman–Crippen LogP) is 4.18. The summed E-state index contributed by atoms with van der Waals surface area (Å²) in [5, 5.41) is 13.1. The van der Waals surface area contributed by atoms with Crippen LogP contribution in [0.3, 0.4) is 0 Å². The summed E-state index contributed by atoms with van der Waals surface area (Å²) in [5.74, 6) is -1.53. The minimum Gasteiger partial charge on any atom is -0.464 e. The molecule has 12 heteroatoms. The number of carboxylic acid groups (broad SMARTS) is 1. The second-order valence-electron chi connectivity index (χ2n) is 10.2. The van der Waals surface area contributed by atoms with Crippen molar-refractivity contribution in [2.45, 2.75) is 66.5 Å². The van der Waals surface area contributed by atoms with Crippen molar-refractivity contribution in [2.24, 2.45) is 11.3 Å². The molecule has 0 spiro atoms. The highest BCUT2D eigenvalue weighted by Gasteiger charge is 2.44. The van der Waals surface area contributed by atoms with Gasteiger partial charge < -0.3 is 20.2 Å². The SMILES string of the molecule is COP(=O)(O)N(OC(=O)C(C)(C)C)[C@@H](CC(C)C)C(=O)N[C@H](C)Cc1cn(C(=O)O)c2ccccc12. The van der Waals surface area contributed by atoms with Crippen LogP contribution in [0.4, 0.5) is 4.79 Å². The van der Waals surface area contributed by atoms with Crippen molar-refractivity contribution in [3.05, 3.63) is 36.0 Å². The summed E-state index contributed by atoms with van der Waals surface area (Å²) in [7, 11) is -3.67. The number of hydrogen-bond acceptors (Lipinski definition) is 6. The Kier molecular flexibility index (Phi) is 9.47. The monoisotopic (exact) mass is 525 g/mol. The van der Waals surface area contributed by atoms with E-state index in [1.54, 1.807) is 52.0 Å². The van der Waals surface area contributed by atoms with Crippen LogP contribution in [0.5, 0.6) is 0 Å². The zero-order chi connectivity index (χ0) is 27.4. The van der Waals surface area contributed by atoms with E-state index in [-0.39, 0.29) is 12.3 Å². The van der Waals surface area contributed by atoms with Crippen LogP contribution >= 0.6 is 7.75 Å². The molecule has 0 fully saturated rings. The fourth-order valence-electron chi connectivity index (χ4n) is 3.63. The van der Waals surface area contributed by atoms with Gasteiger partial charge in [-0.15, -0.1) is 0 Å². The van der Waals surface area contributed by atoms with Crippen LogP contribution in [-0.4, -0.2) is 56.6 Å². The summed E-state index contributed by atoms with van der Waals surface area (Å²) in [6, 6.07) is 5.24. The molecule has 1 aromatic carbocycles. The first-order valence-electron chi connectivity index (χ1n) is 11.6. The smallest absolute Gasteiger partial charge is 0.438 e. The molecule has 0 saturated carbocycles. The average molecular weight is 526 g/mol. The summed E-state index contributed by atoms with van der Waals surface area (Å²) in [6.45, 7) is 10.1. The highest BCUT2D eigenvalue weighted by Crippen LogP contribution is 2.48. The van der Waals surface area contributed by atoms with Crippen LogP contribution in [0.2, 0.25) is 0 Å². The lowest BCUT2D eigenvalue weighted by atomic mass is 9.98. The van der Waals surface area contributed by atoms with Crippen molar-refractivity contribution in [3.8, 4) is 0 Å². The van der Waals surface area contributed by atoms with Gasteiger partial charge >= 0.3 is 19.8 Å². The molecule has 1 unspecified atom stereocenters. The fourth-order valence-corrected chi connectivity index (χ4v) is 4.52. The first-order valence-corrected chi connectivity index (χ1v) is 13.1. The molecule has 0 radical (unpaired) electrons. The summed E-state index contributed by atoms with van der Waals surface area (Å²) in [4.78, 5) is 53.7. The minimum atomic E-state index is -4.66. The molecule has 11 nitrogen and oxygen atoms in total. The van der Waals surface area contributed by atoms with Gasteiger partial charge in [0.2, 0.25) is 5.91 Å². The summed E-state index contributed by atoms with van der Waals surface area (Å²) in [6.07, 6.45) is 0.776. The van der Waals surface area contributed by atoms with Gasteiger partial charge in [0.05, 0.1) is 10.9 Å². The van der Waals surface area contributed by atoms with Gasteiger partial charge in [-0.25, -0.2) is 14.2 Å². The lowest BCUT2D eigenvalue weighted by Gasteiger charge is -2.33. The van der Waals surface area contributed by atoms with E-state index in [9.17, 15) is 28.9 Å².